The summed E-state index contributed by atoms with van der Waals surface area (Å²) in [7, 11) is 3.47. The van der Waals surface area contributed by atoms with Gasteiger partial charge in [-0.25, -0.2) is 9.59 Å². The van der Waals surface area contributed by atoms with E-state index in [1.165, 1.54) is 5.56 Å². The fourth-order valence-corrected chi connectivity index (χ4v) is 3.36. The van der Waals surface area contributed by atoms with Gasteiger partial charge in [-0.1, -0.05) is 0 Å². The van der Waals surface area contributed by atoms with Crippen LogP contribution >= 0.6 is 0 Å². The standard InChI is InChI=1S/C19H26N6O2/c1-11-9-16-17(25(5)19(27)24(16)4)10-15(11)21-18(26)20-8-6-7-14-12(2)22-23-13(14)3/h9-10H,6-8H2,1-5H3,(H,22,23)(H2,20,21,26). The Kier molecular flexibility index (Phi) is 5.07. The third-order valence-corrected chi connectivity index (χ3v) is 5.04. The van der Waals surface area contributed by atoms with Crippen molar-refractivity contribution in [2.45, 2.75) is 33.6 Å². The molecule has 0 aliphatic carbocycles. The number of nitrogens with one attached hydrogen (secondary N) is 3. The SMILES string of the molecule is Cc1cc2c(cc1NC(=O)NCCCc1c(C)n[nH]c1C)n(C)c(=O)n2C. The van der Waals surface area contributed by atoms with Gasteiger partial charge >= 0.3 is 11.7 Å². The van der Waals surface area contributed by atoms with E-state index in [-0.39, 0.29) is 11.7 Å². The van der Waals surface area contributed by atoms with E-state index in [4.69, 9.17) is 0 Å². The van der Waals surface area contributed by atoms with E-state index in [1.807, 2.05) is 32.9 Å². The molecule has 3 aromatic rings. The average molecular weight is 370 g/mol. The van der Waals surface area contributed by atoms with Gasteiger partial charge < -0.3 is 10.6 Å². The number of hydrogen-bond donors (Lipinski definition) is 3. The lowest BCUT2D eigenvalue weighted by atomic mass is 10.1. The quantitative estimate of drug-likeness (QED) is 0.601. The first kappa shape index (κ1) is 18.8. The number of amides is 2. The average Bonchev–Trinajstić information content (AvgIpc) is 3.05. The fraction of sp³-hybridized carbons (Fsp3) is 0.421. The summed E-state index contributed by atoms with van der Waals surface area (Å²) >= 11 is 0. The largest absolute Gasteiger partial charge is 0.338 e. The molecule has 0 saturated heterocycles. The van der Waals surface area contributed by atoms with Crippen molar-refractivity contribution < 1.29 is 4.79 Å². The zero-order valence-electron chi connectivity index (χ0n) is 16.4. The molecule has 0 radical (unpaired) electrons. The van der Waals surface area contributed by atoms with Crippen LogP contribution in [0.15, 0.2) is 16.9 Å². The van der Waals surface area contributed by atoms with Crippen molar-refractivity contribution >= 4 is 22.8 Å². The van der Waals surface area contributed by atoms with Crippen LogP contribution in [-0.4, -0.2) is 31.9 Å². The van der Waals surface area contributed by atoms with Crippen LogP contribution < -0.4 is 16.3 Å². The van der Waals surface area contributed by atoms with Crippen molar-refractivity contribution in [3.63, 3.8) is 0 Å². The Balaban J connectivity index is 1.61. The zero-order valence-corrected chi connectivity index (χ0v) is 16.4. The lowest BCUT2D eigenvalue weighted by Gasteiger charge is -2.11. The molecule has 0 bridgehead atoms. The Hall–Kier alpha value is -3.03. The number of carbonyl (C=O) groups is 1. The molecule has 8 heteroatoms. The molecule has 1 aromatic carbocycles. The third kappa shape index (κ3) is 3.60. The van der Waals surface area contributed by atoms with Crippen LogP contribution in [0, 0.1) is 20.8 Å². The molecular formula is C19H26N6O2. The van der Waals surface area contributed by atoms with Crippen molar-refractivity contribution in [3.8, 4) is 0 Å². The molecule has 144 valence electrons. The van der Waals surface area contributed by atoms with Gasteiger partial charge in [0.15, 0.2) is 0 Å². The maximum Gasteiger partial charge on any atom is 0.328 e. The Morgan fingerprint density at radius 1 is 1.15 bits per heavy atom. The summed E-state index contributed by atoms with van der Waals surface area (Å²) in [6.07, 6.45) is 1.70. The summed E-state index contributed by atoms with van der Waals surface area (Å²) in [6, 6.07) is 3.50. The molecule has 0 spiro atoms. The second-order valence-electron chi connectivity index (χ2n) is 6.95. The maximum absolute atomic E-state index is 12.2. The summed E-state index contributed by atoms with van der Waals surface area (Å²) in [4.78, 5) is 24.3. The summed E-state index contributed by atoms with van der Waals surface area (Å²) in [6.45, 7) is 6.47. The highest BCUT2D eigenvalue weighted by Crippen LogP contribution is 2.22. The molecule has 2 amide bonds. The number of anilines is 1. The molecule has 0 fully saturated rings. The Labute approximate surface area is 157 Å². The molecule has 2 aromatic heterocycles. The summed E-state index contributed by atoms with van der Waals surface area (Å²) in [5.41, 5.74) is 6.44. The van der Waals surface area contributed by atoms with E-state index >= 15 is 0 Å². The van der Waals surface area contributed by atoms with Crippen molar-refractivity contribution in [3.05, 3.63) is 45.1 Å². The number of H-pyrrole nitrogens is 1. The number of carbonyl (C=O) groups excluding carboxylic acids is 1. The molecule has 3 N–H and O–H groups in total. The second kappa shape index (κ2) is 7.30. The monoisotopic (exact) mass is 370 g/mol. The number of aryl methyl sites for hydroxylation is 5. The topological polar surface area (TPSA) is 96.7 Å². The van der Waals surface area contributed by atoms with Gasteiger partial charge in [-0.15, -0.1) is 0 Å². The van der Waals surface area contributed by atoms with Gasteiger partial charge in [0.05, 0.1) is 16.7 Å². The lowest BCUT2D eigenvalue weighted by Crippen LogP contribution is -2.30. The maximum atomic E-state index is 12.2. The minimum atomic E-state index is -0.251. The van der Waals surface area contributed by atoms with Crippen LogP contribution in [0.3, 0.4) is 0 Å². The van der Waals surface area contributed by atoms with E-state index in [0.717, 1.165) is 40.8 Å². The van der Waals surface area contributed by atoms with E-state index in [0.29, 0.717) is 12.2 Å². The van der Waals surface area contributed by atoms with Crippen LogP contribution in [0.4, 0.5) is 10.5 Å². The van der Waals surface area contributed by atoms with E-state index in [9.17, 15) is 9.59 Å². The molecule has 0 saturated carbocycles. The van der Waals surface area contributed by atoms with Crippen LogP contribution in [-0.2, 0) is 20.5 Å². The van der Waals surface area contributed by atoms with Gasteiger partial charge in [-0.2, -0.15) is 5.10 Å². The highest BCUT2D eigenvalue weighted by Gasteiger charge is 2.12. The lowest BCUT2D eigenvalue weighted by molar-refractivity contribution is 0.252. The molecular weight excluding hydrogens is 344 g/mol. The van der Waals surface area contributed by atoms with Gasteiger partial charge in [0, 0.05) is 32.0 Å². The molecule has 0 atom stereocenters. The first-order valence-electron chi connectivity index (χ1n) is 9.01. The molecule has 3 rings (SSSR count). The van der Waals surface area contributed by atoms with Gasteiger partial charge in [0.2, 0.25) is 0 Å². The number of fused-ring (bicyclic) bond motifs is 1. The molecule has 27 heavy (non-hydrogen) atoms. The number of aromatic amines is 1. The van der Waals surface area contributed by atoms with Crippen LogP contribution in [0.5, 0.6) is 0 Å². The minimum absolute atomic E-state index is 0.0872. The van der Waals surface area contributed by atoms with E-state index in [2.05, 4.69) is 20.8 Å². The highest BCUT2D eigenvalue weighted by molar-refractivity contribution is 5.93. The van der Waals surface area contributed by atoms with E-state index in [1.54, 1.807) is 23.2 Å². The predicted molar refractivity (Wildman–Crippen MR) is 106 cm³/mol. The number of benzene rings is 1. The third-order valence-electron chi connectivity index (χ3n) is 5.04. The van der Waals surface area contributed by atoms with Crippen molar-refractivity contribution in [2.24, 2.45) is 14.1 Å². The number of aromatic nitrogens is 4. The van der Waals surface area contributed by atoms with Gasteiger partial charge in [0.1, 0.15) is 0 Å². The van der Waals surface area contributed by atoms with Crippen LogP contribution in [0.1, 0.15) is 28.9 Å². The summed E-state index contributed by atoms with van der Waals surface area (Å²) < 4.78 is 3.18. The Bertz CT molecular complexity index is 1040. The number of urea groups is 1. The van der Waals surface area contributed by atoms with Gasteiger partial charge in [-0.05, 0) is 56.9 Å². The van der Waals surface area contributed by atoms with Crippen molar-refractivity contribution in [2.75, 3.05) is 11.9 Å². The van der Waals surface area contributed by atoms with E-state index < -0.39 is 0 Å². The fourth-order valence-electron chi connectivity index (χ4n) is 3.36. The first-order valence-corrected chi connectivity index (χ1v) is 9.01. The molecule has 0 unspecified atom stereocenters. The smallest absolute Gasteiger partial charge is 0.328 e. The normalized spacial score (nSPS) is 11.1. The molecule has 2 heterocycles. The van der Waals surface area contributed by atoms with Gasteiger partial charge in [-0.3, -0.25) is 14.2 Å². The number of nitrogens with zero attached hydrogens (tertiary/aromatic N) is 3. The molecule has 0 aliphatic heterocycles. The van der Waals surface area contributed by atoms with Crippen LogP contribution in [0.2, 0.25) is 0 Å². The number of rotatable bonds is 5. The number of hydrogen-bond acceptors (Lipinski definition) is 3. The number of imidazole rings is 1. The summed E-state index contributed by atoms with van der Waals surface area (Å²) in [5.74, 6) is 0. The Morgan fingerprint density at radius 2 is 1.81 bits per heavy atom. The summed E-state index contributed by atoms with van der Waals surface area (Å²) in [5, 5.41) is 12.9. The van der Waals surface area contributed by atoms with Crippen molar-refractivity contribution in [1.29, 1.82) is 0 Å². The molecule has 0 aliphatic rings. The minimum Gasteiger partial charge on any atom is -0.338 e. The predicted octanol–water partition coefficient (Wildman–Crippen LogP) is 2.28. The van der Waals surface area contributed by atoms with Gasteiger partial charge in [0.25, 0.3) is 0 Å². The highest BCUT2D eigenvalue weighted by atomic mass is 16.2. The first-order chi connectivity index (χ1) is 12.8. The second-order valence-corrected chi connectivity index (χ2v) is 6.95. The van der Waals surface area contributed by atoms with Crippen molar-refractivity contribution in [1.82, 2.24) is 24.6 Å². The zero-order chi connectivity index (χ0) is 19.7. The Morgan fingerprint density at radius 3 is 2.44 bits per heavy atom. The molecule has 8 nitrogen and oxygen atoms in total. The van der Waals surface area contributed by atoms with Crippen LogP contribution in [0.25, 0.3) is 11.0 Å².